The molecule has 1 rings (SSSR count). The molecular formula is C14H21NO3. The lowest BCUT2D eigenvalue weighted by atomic mass is 10.0. The van der Waals surface area contributed by atoms with E-state index in [-0.39, 0.29) is 18.1 Å². The van der Waals surface area contributed by atoms with Gasteiger partial charge in [-0.25, -0.2) is 0 Å². The van der Waals surface area contributed by atoms with E-state index in [9.17, 15) is 4.79 Å². The molecule has 4 heteroatoms. The van der Waals surface area contributed by atoms with E-state index in [4.69, 9.17) is 9.47 Å². The highest BCUT2D eigenvalue weighted by atomic mass is 16.5. The number of carbonyl (C=O) groups excluding carboxylic acids is 1. The Labute approximate surface area is 108 Å². The third kappa shape index (κ3) is 3.47. The largest absolute Gasteiger partial charge is 0.496 e. The average Bonchev–Trinajstić information content (AvgIpc) is 2.37. The molecule has 2 atom stereocenters. The van der Waals surface area contributed by atoms with E-state index in [2.05, 4.69) is 11.4 Å². The van der Waals surface area contributed by atoms with Crippen LogP contribution in [0.4, 0.5) is 0 Å². The molecule has 1 aromatic rings. The first kappa shape index (κ1) is 14.5. The number of rotatable bonds is 5. The molecule has 0 saturated carbocycles. The molecule has 0 saturated heterocycles. The van der Waals surface area contributed by atoms with Crippen molar-refractivity contribution in [3.8, 4) is 5.75 Å². The maximum absolute atomic E-state index is 11.4. The summed E-state index contributed by atoms with van der Waals surface area (Å²) in [6.45, 7) is 5.81. The van der Waals surface area contributed by atoms with Crippen molar-refractivity contribution in [3.05, 3.63) is 29.3 Å². The van der Waals surface area contributed by atoms with Crippen LogP contribution in [-0.4, -0.2) is 26.2 Å². The first-order valence-corrected chi connectivity index (χ1v) is 5.98. The summed E-state index contributed by atoms with van der Waals surface area (Å²) in [6.07, 6.45) is 0. The molecule has 2 unspecified atom stereocenters. The number of aryl methyl sites for hydroxylation is 1. The Kier molecular flexibility index (Phi) is 5.16. The van der Waals surface area contributed by atoms with Crippen molar-refractivity contribution in [1.82, 2.24) is 5.32 Å². The van der Waals surface area contributed by atoms with Crippen LogP contribution in [0.2, 0.25) is 0 Å². The summed E-state index contributed by atoms with van der Waals surface area (Å²) >= 11 is 0. The minimum Gasteiger partial charge on any atom is -0.496 e. The fourth-order valence-electron chi connectivity index (χ4n) is 1.90. The van der Waals surface area contributed by atoms with Gasteiger partial charge in [0.05, 0.1) is 14.2 Å². The van der Waals surface area contributed by atoms with Crippen molar-refractivity contribution in [2.45, 2.75) is 32.9 Å². The fourth-order valence-corrected chi connectivity index (χ4v) is 1.90. The Hall–Kier alpha value is -1.55. The Balaban J connectivity index is 2.86. The molecule has 0 bridgehead atoms. The van der Waals surface area contributed by atoms with Crippen LogP contribution in [-0.2, 0) is 9.53 Å². The minimum absolute atomic E-state index is 0.00829. The van der Waals surface area contributed by atoms with Crippen molar-refractivity contribution >= 4 is 5.97 Å². The standard InChI is InChI=1S/C14H21NO3/c1-9-6-7-13(17-4)12(8-9)10(2)15-11(3)14(16)18-5/h6-8,10-11,15H,1-5H3. The summed E-state index contributed by atoms with van der Waals surface area (Å²) in [4.78, 5) is 11.4. The van der Waals surface area contributed by atoms with Crippen molar-refractivity contribution in [3.63, 3.8) is 0 Å². The van der Waals surface area contributed by atoms with Gasteiger partial charge in [-0.2, -0.15) is 0 Å². The maximum atomic E-state index is 11.4. The minimum atomic E-state index is -0.352. The monoisotopic (exact) mass is 251 g/mol. The molecule has 0 aromatic heterocycles. The predicted octanol–water partition coefficient (Wildman–Crippen LogP) is 2.22. The number of hydrogen-bond donors (Lipinski definition) is 1. The van der Waals surface area contributed by atoms with Gasteiger partial charge in [0.25, 0.3) is 0 Å². The summed E-state index contributed by atoms with van der Waals surface area (Å²) in [6, 6.07) is 5.65. The second kappa shape index (κ2) is 6.40. The van der Waals surface area contributed by atoms with E-state index in [0.717, 1.165) is 16.9 Å². The topological polar surface area (TPSA) is 47.6 Å². The zero-order valence-electron chi connectivity index (χ0n) is 11.6. The van der Waals surface area contributed by atoms with Crippen LogP contribution >= 0.6 is 0 Å². The third-order valence-electron chi connectivity index (χ3n) is 2.91. The maximum Gasteiger partial charge on any atom is 0.322 e. The van der Waals surface area contributed by atoms with E-state index in [1.54, 1.807) is 14.0 Å². The number of ether oxygens (including phenoxy) is 2. The number of hydrogen-bond acceptors (Lipinski definition) is 4. The summed E-state index contributed by atoms with van der Waals surface area (Å²) in [5.74, 6) is 0.547. The van der Waals surface area contributed by atoms with Crippen molar-refractivity contribution < 1.29 is 14.3 Å². The molecule has 1 N–H and O–H groups in total. The van der Waals surface area contributed by atoms with Gasteiger partial charge >= 0.3 is 5.97 Å². The lowest BCUT2D eigenvalue weighted by molar-refractivity contribution is -0.142. The number of nitrogens with one attached hydrogen (secondary N) is 1. The van der Waals surface area contributed by atoms with Crippen LogP contribution in [0.3, 0.4) is 0 Å². The first-order chi connectivity index (χ1) is 8.49. The van der Waals surface area contributed by atoms with E-state index >= 15 is 0 Å². The lowest BCUT2D eigenvalue weighted by Gasteiger charge is -2.21. The van der Waals surface area contributed by atoms with E-state index in [1.807, 2.05) is 26.0 Å². The molecule has 100 valence electrons. The molecule has 0 amide bonds. The normalized spacial score (nSPS) is 13.8. The van der Waals surface area contributed by atoms with Crippen LogP contribution in [0.5, 0.6) is 5.75 Å². The van der Waals surface area contributed by atoms with E-state index in [0.29, 0.717) is 0 Å². The quantitative estimate of drug-likeness (QED) is 0.815. The van der Waals surface area contributed by atoms with Crippen molar-refractivity contribution in [2.75, 3.05) is 14.2 Å². The number of benzene rings is 1. The predicted molar refractivity (Wildman–Crippen MR) is 70.8 cm³/mol. The molecule has 18 heavy (non-hydrogen) atoms. The smallest absolute Gasteiger partial charge is 0.322 e. The van der Waals surface area contributed by atoms with Gasteiger partial charge in [0, 0.05) is 11.6 Å². The Bertz CT molecular complexity index is 418. The fraction of sp³-hybridized carbons (Fsp3) is 0.500. The Morgan fingerprint density at radius 3 is 2.50 bits per heavy atom. The van der Waals surface area contributed by atoms with Gasteiger partial charge in [0.15, 0.2) is 0 Å². The third-order valence-corrected chi connectivity index (χ3v) is 2.91. The summed E-state index contributed by atoms with van der Waals surface area (Å²) < 4.78 is 10.0. The molecule has 0 heterocycles. The lowest BCUT2D eigenvalue weighted by Crippen LogP contribution is -2.36. The average molecular weight is 251 g/mol. The first-order valence-electron chi connectivity index (χ1n) is 5.98. The molecule has 0 aliphatic heterocycles. The van der Waals surface area contributed by atoms with Gasteiger partial charge in [0.1, 0.15) is 11.8 Å². The second-order valence-electron chi connectivity index (χ2n) is 4.38. The van der Waals surface area contributed by atoms with Crippen LogP contribution in [0.25, 0.3) is 0 Å². The van der Waals surface area contributed by atoms with Crippen LogP contribution in [0, 0.1) is 6.92 Å². The Morgan fingerprint density at radius 1 is 1.28 bits per heavy atom. The number of methoxy groups -OCH3 is 2. The number of esters is 1. The zero-order valence-corrected chi connectivity index (χ0v) is 11.6. The van der Waals surface area contributed by atoms with Gasteiger partial charge < -0.3 is 9.47 Å². The van der Waals surface area contributed by atoms with Gasteiger partial charge in [-0.15, -0.1) is 0 Å². The molecule has 0 aliphatic carbocycles. The molecule has 0 aliphatic rings. The molecule has 0 fully saturated rings. The van der Waals surface area contributed by atoms with Gasteiger partial charge in [0.2, 0.25) is 0 Å². The van der Waals surface area contributed by atoms with Gasteiger partial charge in [-0.3, -0.25) is 10.1 Å². The zero-order chi connectivity index (χ0) is 13.7. The molecular weight excluding hydrogens is 230 g/mol. The molecule has 1 aromatic carbocycles. The van der Waals surface area contributed by atoms with Gasteiger partial charge in [-0.05, 0) is 26.8 Å². The van der Waals surface area contributed by atoms with Crippen LogP contribution < -0.4 is 10.1 Å². The van der Waals surface area contributed by atoms with Gasteiger partial charge in [-0.1, -0.05) is 17.7 Å². The number of carbonyl (C=O) groups is 1. The summed E-state index contributed by atoms with van der Waals surface area (Å²) in [7, 11) is 3.03. The molecule has 4 nitrogen and oxygen atoms in total. The van der Waals surface area contributed by atoms with E-state index in [1.165, 1.54) is 7.11 Å². The molecule has 0 radical (unpaired) electrons. The SMILES string of the molecule is COC(=O)C(C)NC(C)c1cc(C)ccc1OC. The van der Waals surface area contributed by atoms with Crippen molar-refractivity contribution in [2.24, 2.45) is 0 Å². The Morgan fingerprint density at radius 2 is 1.94 bits per heavy atom. The van der Waals surface area contributed by atoms with E-state index < -0.39 is 0 Å². The highest BCUT2D eigenvalue weighted by Crippen LogP contribution is 2.26. The molecule has 0 spiro atoms. The summed E-state index contributed by atoms with van der Waals surface area (Å²) in [5.41, 5.74) is 2.19. The second-order valence-corrected chi connectivity index (χ2v) is 4.38. The van der Waals surface area contributed by atoms with Crippen LogP contribution in [0.1, 0.15) is 31.0 Å². The summed E-state index contributed by atoms with van der Waals surface area (Å²) in [5, 5.41) is 3.19. The highest BCUT2D eigenvalue weighted by molar-refractivity contribution is 5.75. The highest BCUT2D eigenvalue weighted by Gasteiger charge is 2.18. The van der Waals surface area contributed by atoms with Crippen molar-refractivity contribution in [1.29, 1.82) is 0 Å². The van der Waals surface area contributed by atoms with Crippen LogP contribution in [0.15, 0.2) is 18.2 Å².